The van der Waals surface area contributed by atoms with Crippen molar-refractivity contribution in [1.29, 1.82) is 0 Å². The van der Waals surface area contributed by atoms with Crippen molar-refractivity contribution in [3.05, 3.63) is 216 Å². The van der Waals surface area contributed by atoms with Gasteiger partial charge in [0.05, 0.1) is 16.8 Å². The second-order valence-corrected chi connectivity index (χ2v) is 15.2. The highest BCUT2D eigenvalue weighted by atomic mass is 32.1. The van der Waals surface area contributed by atoms with Crippen molar-refractivity contribution in [2.75, 3.05) is 0 Å². The molecule has 2 nitrogen and oxygen atoms in total. The number of aromatic nitrogens is 2. The first-order valence-electron chi connectivity index (χ1n) is 18.4. The average molecular weight is 705 g/mol. The molecule has 11 rings (SSSR count). The SMILES string of the molecule is c1ccc(C2(c3ccccc3)c3ccccc3-c3ccc(-c4cc(-c5ccc6c(c5)sc5ccccc56)nc(-c5ccc6ccccc6c5)n4)cc32)cc1. The van der Waals surface area contributed by atoms with E-state index in [2.05, 4.69) is 194 Å². The van der Waals surface area contributed by atoms with Crippen molar-refractivity contribution in [3.8, 4) is 45.0 Å². The van der Waals surface area contributed by atoms with Crippen LogP contribution in [0.1, 0.15) is 22.3 Å². The van der Waals surface area contributed by atoms with E-state index in [-0.39, 0.29) is 0 Å². The Morgan fingerprint density at radius 1 is 0.370 bits per heavy atom. The normalized spacial score (nSPS) is 13.0. The van der Waals surface area contributed by atoms with Gasteiger partial charge >= 0.3 is 0 Å². The van der Waals surface area contributed by atoms with Crippen LogP contribution in [0.3, 0.4) is 0 Å². The van der Waals surface area contributed by atoms with Crippen LogP contribution in [-0.2, 0) is 5.41 Å². The van der Waals surface area contributed by atoms with Gasteiger partial charge in [-0.05, 0) is 74.5 Å². The molecule has 3 heteroatoms. The number of hydrogen-bond acceptors (Lipinski definition) is 3. The van der Waals surface area contributed by atoms with Crippen LogP contribution in [0.4, 0.5) is 0 Å². The topological polar surface area (TPSA) is 25.8 Å². The minimum atomic E-state index is -0.492. The number of fused-ring (bicyclic) bond motifs is 7. The fourth-order valence-electron chi connectivity index (χ4n) is 8.69. The predicted octanol–water partition coefficient (Wildman–Crippen LogP) is 13.4. The zero-order valence-electron chi connectivity index (χ0n) is 29.3. The van der Waals surface area contributed by atoms with Crippen LogP contribution in [0, 0.1) is 0 Å². The van der Waals surface area contributed by atoms with Crippen LogP contribution in [0.2, 0.25) is 0 Å². The van der Waals surface area contributed by atoms with Gasteiger partial charge in [0.1, 0.15) is 0 Å². The molecule has 0 fully saturated rings. The number of thiophene rings is 1. The predicted molar refractivity (Wildman–Crippen MR) is 226 cm³/mol. The highest BCUT2D eigenvalue weighted by molar-refractivity contribution is 7.25. The molecule has 10 aromatic rings. The van der Waals surface area contributed by atoms with Gasteiger partial charge in [0.15, 0.2) is 5.82 Å². The van der Waals surface area contributed by atoms with Gasteiger partial charge in [-0.2, -0.15) is 0 Å². The maximum Gasteiger partial charge on any atom is 0.160 e. The Labute approximate surface area is 317 Å². The monoisotopic (exact) mass is 704 g/mol. The molecule has 0 saturated heterocycles. The lowest BCUT2D eigenvalue weighted by Gasteiger charge is -2.34. The van der Waals surface area contributed by atoms with E-state index in [0.29, 0.717) is 5.82 Å². The number of rotatable bonds is 5. The molecule has 0 radical (unpaired) electrons. The van der Waals surface area contributed by atoms with Gasteiger partial charge in [0, 0.05) is 36.9 Å². The number of nitrogens with zero attached hydrogens (tertiary/aromatic N) is 2. The summed E-state index contributed by atoms with van der Waals surface area (Å²) in [6.07, 6.45) is 0. The van der Waals surface area contributed by atoms with E-state index in [1.807, 2.05) is 11.3 Å². The maximum atomic E-state index is 5.36. The summed E-state index contributed by atoms with van der Waals surface area (Å²) in [5, 5.41) is 4.94. The van der Waals surface area contributed by atoms with Gasteiger partial charge < -0.3 is 0 Å². The Kier molecular flexibility index (Phi) is 6.98. The van der Waals surface area contributed by atoms with Crippen LogP contribution in [0.25, 0.3) is 76.0 Å². The lowest BCUT2D eigenvalue weighted by Crippen LogP contribution is -2.28. The molecule has 0 amide bonds. The zero-order chi connectivity index (χ0) is 35.6. The van der Waals surface area contributed by atoms with Crippen molar-refractivity contribution in [2.45, 2.75) is 5.41 Å². The Hall–Kier alpha value is -6.68. The number of benzene rings is 8. The van der Waals surface area contributed by atoms with Crippen LogP contribution >= 0.6 is 11.3 Å². The van der Waals surface area contributed by atoms with Crippen molar-refractivity contribution in [3.63, 3.8) is 0 Å². The molecule has 8 aromatic carbocycles. The second-order valence-electron chi connectivity index (χ2n) is 14.1. The highest BCUT2D eigenvalue weighted by Gasteiger charge is 2.46. The molecule has 0 spiro atoms. The first-order valence-corrected chi connectivity index (χ1v) is 19.2. The lowest BCUT2D eigenvalue weighted by atomic mass is 9.67. The van der Waals surface area contributed by atoms with Crippen LogP contribution in [0.5, 0.6) is 0 Å². The third-order valence-electron chi connectivity index (χ3n) is 11.2. The van der Waals surface area contributed by atoms with Gasteiger partial charge in [-0.15, -0.1) is 11.3 Å². The number of hydrogen-bond donors (Lipinski definition) is 0. The van der Waals surface area contributed by atoms with Gasteiger partial charge in [-0.25, -0.2) is 9.97 Å². The van der Waals surface area contributed by atoms with E-state index in [0.717, 1.165) is 28.1 Å². The summed E-state index contributed by atoms with van der Waals surface area (Å²) in [6, 6.07) is 70.4. The lowest BCUT2D eigenvalue weighted by molar-refractivity contribution is 0.768. The first-order chi connectivity index (χ1) is 26.7. The summed E-state index contributed by atoms with van der Waals surface area (Å²) < 4.78 is 2.55. The molecule has 252 valence electrons. The Morgan fingerprint density at radius 2 is 0.963 bits per heavy atom. The van der Waals surface area contributed by atoms with E-state index in [9.17, 15) is 0 Å². The molecule has 0 bridgehead atoms. The molecule has 2 heterocycles. The van der Waals surface area contributed by atoms with Crippen molar-refractivity contribution in [1.82, 2.24) is 9.97 Å². The minimum Gasteiger partial charge on any atom is -0.228 e. The van der Waals surface area contributed by atoms with Crippen LogP contribution in [0.15, 0.2) is 194 Å². The molecule has 2 aromatic heterocycles. The summed E-state index contributed by atoms with van der Waals surface area (Å²) in [5.74, 6) is 0.714. The van der Waals surface area contributed by atoms with Crippen molar-refractivity contribution < 1.29 is 0 Å². The quantitative estimate of drug-likeness (QED) is 0.178. The zero-order valence-corrected chi connectivity index (χ0v) is 30.1. The molecule has 1 aliphatic carbocycles. The van der Waals surface area contributed by atoms with Gasteiger partial charge in [0.25, 0.3) is 0 Å². The largest absolute Gasteiger partial charge is 0.228 e. The highest BCUT2D eigenvalue weighted by Crippen LogP contribution is 2.56. The molecule has 0 atom stereocenters. The van der Waals surface area contributed by atoms with E-state index >= 15 is 0 Å². The molecule has 54 heavy (non-hydrogen) atoms. The molecule has 0 N–H and O–H groups in total. The van der Waals surface area contributed by atoms with E-state index in [4.69, 9.17) is 9.97 Å². The summed E-state index contributed by atoms with van der Waals surface area (Å²) in [7, 11) is 0. The second kappa shape index (κ2) is 12.2. The minimum absolute atomic E-state index is 0.492. The standard InChI is InChI=1S/C51H32N2S/c1-3-15-38(16-4-1)51(39-17-5-2-6-18-39)44-21-11-9-19-40(44)41-27-25-35(30-45(41)51)46-32-47(36-26-28-43-42-20-10-12-22-48(42)54-49(43)31-36)53-50(52-46)37-24-23-33-13-7-8-14-34(33)29-37/h1-32H. The van der Waals surface area contributed by atoms with E-state index < -0.39 is 5.41 Å². The van der Waals surface area contributed by atoms with Gasteiger partial charge in [-0.1, -0.05) is 164 Å². The van der Waals surface area contributed by atoms with Crippen molar-refractivity contribution in [2.24, 2.45) is 0 Å². The molecule has 0 aliphatic heterocycles. The molecular weight excluding hydrogens is 673 g/mol. The summed E-state index contributed by atoms with van der Waals surface area (Å²) in [4.78, 5) is 10.7. The Bertz CT molecular complexity index is 3010. The molecule has 0 saturated carbocycles. The van der Waals surface area contributed by atoms with Crippen LogP contribution < -0.4 is 0 Å². The van der Waals surface area contributed by atoms with E-state index in [1.165, 1.54) is 64.3 Å². The summed E-state index contributed by atoms with van der Waals surface area (Å²) in [5.41, 5.74) is 12.0. The maximum absolute atomic E-state index is 5.36. The first kappa shape index (κ1) is 30.9. The van der Waals surface area contributed by atoms with Crippen molar-refractivity contribution >= 4 is 42.3 Å². The van der Waals surface area contributed by atoms with Gasteiger partial charge in [0.2, 0.25) is 0 Å². The third kappa shape index (κ3) is 4.72. The van der Waals surface area contributed by atoms with Crippen LogP contribution in [-0.4, -0.2) is 9.97 Å². The molecule has 1 aliphatic rings. The average Bonchev–Trinajstić information content (AvgIpc) is 3.77. The van der Waals surface area contributed by atoms with E-state index in [1.54, 1.807) is 0 Å². The third-order valence-corrected chi connectivity index (χ3v) is 12.3. The Balaban J connectivity index is 1.15. The fourth-order valence-corrected chi connectivity index (χ4v) is 9.83. The Morgan fingerprint density at radius 3 is 1.76 bits per heavy atom. The molecule has 0 unspecified atom stereocenters. The molecular formula is C51H32N2S. The summed E-state index contributed by atoms with van der Waals surface area (Å²) >= 11 is 1.83. The van der Waals surface area contributed by atoms with Gasteiger partial charge in [-0.3, -0.25) is 0 Å². The fraction of sp³-hybridized carbons (Fsp3) is 0.0196. The smallest absolute Gasteiger partial charge is 0.160 e. The summed E-state index contributed by atoms with van der Waals surface area (Å²) in [6.45, 7) is 0.